The summed E-state index contributed by atoms with van der Waals surface area (Å²) in [5, 5.41) is 0. The number of carbonyl (C=O) groups is 1. The molecular weight excluding hydrogens is 156 g/mol. The van der Waals surface area contributed by atoms with Crippen LogP contribution < -0.4 is 0 Å². The summed E-state index contributed by atoms with van der Waals surface area (Å²) >= 11 is 0. The van der Waals surface area contributed by atoms with Crippen LogP contribution in [0.1, 0.15) is 26.7 Å². The molecule has 0 aromatic carbocycles. The smallest absolute Gasteiger partial charge is 0.305 e. The zero-order chi connectivity index (χ0) is 9.40. The number of hydrogen-bond donors (Lipinski definition) is 0. The van der Waals surface area contributed by atoms with Crippen LogP contribution in [0, 0.1) is 0 Å². The third kappa shape index (κ3) is 5.77. The topological polar surface area (TPSA) is 35.5 Å². The summed E-state index contributed by atoms with van der Waals surface area (Å²) < 4.78 is 9.71. The van der Waals surface area contributed by atoms with Gasteiger partial charge in [0.2, 0.25) is 0 Å². The van der Waals surface area contributed by atoms with E-state index >= 15 is 0 Å². The lowest BCUT2D eigenvalue weighted by Crippen LogP contribution is -2.02. The summed E-state index contributed by atoms with van der Waals surface area (Å²) in [7, 11) is 1.39. The van der Waals surface area contributed by atoms with E-state index in [1.165, 1.54) is 7.11 Å². The maximum Gasteiger partial charge on any atom is 0.305 e. The van der Waals surface area contributed by atoms with Crippen LogP contribution in [0.3, 0.4) is 0 Å². The first-order valence-electron chi connectivity index (χ1n) is 4.03. The molecule has 0 N–H and O–H groups in total. The van der Waals surface area contributed by atoms with E-state index in [0.717, 1.165) is 5.76 Å². The number of allylic oxidation sites excluding steroid dienone is 2. The van der Waals surface area contributed by atoms with E-state index in [2.05, 4.69) is 4.74 Å². The first-order valence-corrected chi connectivity index (χ1v) is 4.03. The normalized spacial score (nSPS) is 11.1. The average Bonchev–Trinajstić information content (AvgIpc) is 2.11. The van der Waals surface area contributed by atoms with E-state index < -0.39 is 0 Å². The monoisotopic (exact) mass is 172 g/mol. The molecule has 0 aromatic rings. The minimum atomic E-state index is -0.184. The molecule has 0 aliphatic rings. The third-order valence-electron chi connectivity index (χ3n) is 1.49. The van der Waals surface area contributed by atoms with Gasteiger partial charge in [-0.2, -0.15) is 0 Å². The van der Waals surface area contributed by atoms with Crippen molar-refractivity contribution in [3.63, 3.8) is 0 Å². The lowest BCUT2D eigenvalue weighted by atomic mass is 10.3. The standard InChI is InChI=1S/C9H16O3/c1-4-8(2)12-7-5-6-9(10)11-3/h4H,5-7H2,1-3H3. The minimum Gasteiger partial charge on any atom is -0.499 e. The Hall–Kier alpha value is -0.990. The molecule has 0 radical (unpaired) electrons. The van der Waals surface area contributed by atoms with Crippen molar-refractivity contribution in [1.82, 2.24) is 0 Å². The Morgan fingerprint density at radius 2 is 2.17 bits per heavy atom. The predicted molar refractivity (Wildman–Crippen MR) is 46.6 cm³/mol. The molecule has 0 aromatic heterocycles. The van der Waals surface area contributed by atoms with Crippen molar-refractivity contribution in [2.75, 3.05) is 13.7 Å². The van der Waals surface area contributed by atoms with Gasteiger partial charge in [0.1, 0.15) is 0 Å². The number of ether oxygens (including phenoxy) is 2. The second-order valence-electron chi connectivity index (χ2n) is 2.43. The highest BCUT2D eigenvalue weighted by atomic mass is 16.5. The molecule has 12 heavy (non-hydrogen) atoms. The fourth-order valence-corrected chi connectivity index (χ4v) is 0.635. The van der Waals surface area contributed by atoms with Crippen LogP contribution in [0.25, 0.3) is 0 Å². The second kappa shape index (κ2) is 6.70. The first-order chi connectivity index (χ1) is 5.70. The fourth-order valence-electron chi connectivity index (χ4n) is 0.635. The summed E-state index contributed by atoms with van der Waals surface area (Å²) in [4.78, 5) is 10.6. The van der Waals surface area contributed by atoms with Gasteiger partial charge in [-0.3, -0.25) is 4.79 Å². The molecule has 0 aliphatic carbocycles. The highest BCUT2D eigenvalue weighted by Crippen LogP contribution is 1.98. The number of carbonyl (C=O) groups excluding carboxylic acids is 1. The average molecular weight is 172 g/mol. The molecular formula is C9H16O3. The van der Waals surface area contributed by atoms with E-state index in [1.54, 1.807) is 0 Å². The van der Waals surface area contributed by atoms with Crippen molar-refractivity contribution in [3.8, 4) is 0 Å². The second-order valence-corrected chi connectivity index (χ2v) is 2.43. The highest BCUT2D eigenvalue weighted by Gasteiger charge is 1.98. The van der Waals surface area contributed by atoms with Crippen molar-refractivity contribution in [1.29, 1.82) is 0 Å². The van der Waals surface area contributed by atoms with Crippen LogP contribution in [0.5, 0.6) is 0 Å². The van der Waals surface area contributed by atoms with Crippen molar-refractivity contribution in [3.05, 3.63) is 11.8 Å². The molecule has 0 fully saturated rings. The van der Waals surface area contributed by atoms with Crippen LogP contribution in [0.4, 0.5) is 0 Å². The van der Waals surface area contributed by atoms with Gasteiger partial charge >= 0.3 is 5.97 Å². The van der Waals surface area contributed by atoms with Crippen LogP contribution in [-0.2, 0) is 14.3 Å². The van der Waals surface area contributed by atoms with Gasteiger partial charge in [0.25, 0.3) is 0 Å². The molecule has 0 atom stereocenters. The zero-order valence-electron chi connectivity index (χ0n) is 7.92. The van der Waals surface area contributed by atoms with E-state index in [-0.39, 0.29) is 5.97 Å². The summed E-state index contributed by atoms with van der Waals surface area (Å²) in [6.07, 6.45) is 3.02. The van der Waals surface area contributed by atoms with Crippen molar-refractivity contribution in [2.45, 2.75) is 26.7 Å². The number of rotatable bonds is 5. The van der Waals surface area contributed by atoms with Crippen LogP contribution in [0.15, 0.2) is 11.8 Å². The molecule has 0 saturated carbocycles. The largest absolute Gasteiger partial charge is 0.499 e. The Kier molecular flexibility index (Phi) is 6.15. The van der Waals surface area contributed by atoms with Crippen molar-refractivity contribution < 1.29 is 14.3 Å². The molecule has 0 spiro atoms. The molecule has 0 unspecified atom stereocenters. The number of methoxy groups -OCH3 is 1. The van der Waals surface area contributed by atoms with Crippen molar-refractivity contribution >= 4 is 5.97 Å². The van der Waals surface area contributed by atoms with Crippen LogP contribution in [0.2, 0.25) is 0 Å². The Balaban J connectivity index is 3.27. The first kappa shape index (κ1) is 11.0. The van der Waals surface area contributed by atoms with Gasteiger partial charge in [0.05, 0.1) is 19.5 Å². The molecule has 3 heteroatoms. The molecule has 0 saturated heterocycles. The zero-order valence-corrected chi connectivity index (χ0v) is 7.92. The maximum atomic E-state index is 10.6. The van der Waals surface area contributed by atoms with E-state index in [1.807, 2.05) is 19.9 Å². The van der Waals surface area contributed by atoms with Gasteiger partial charge in [0.15, 0.2) is 0 Å². The van der Waals surface area contributed by atoms with Crippen LogP contribution in [-0.4, -0.2) is 19.7 Å². The van der Waals surface area contributed by atoms with E-state index in [0.29, 0.717) is 19.4 Å². The molecule has 0 rings (SSSR count). The maximum absolute atomic E-state index is 10.6. The lowest BCUT2D eigenvalue weighted by Gasteiger charge is -2.04. The van der Waals surface area contributed by atoms with E-state index in [4.69, 9.17) is 4.74 Å². The molecule has 70 valence electrons. The summed E-state index contributed by atoms with van der Waals surface area (Å²) in [6.45, 7) is 4.37. The summed E-state index contributed by atoms with van der Waals surface area (Å²) in [6, 6.07) is 0. The van der Waals surface area contributed by atoms with Gasteiger partial charge in [-0.15, -0.1) is 0 Å². The minimum absolute atomic E-state index is 0.184. The Morgan fingerprint density at radius 1 is 1.50 bits per heavy atom. The number of esters is 1. The summed E-state index contributed by atoms with van der Waals surface area (Å²) in [5.41, 5.74) is 0. The molecule has 0 heterocycles. The van der Waals surface area contributed by atoms with E-state index in [9.17, 15) is 4.79 Å². The molecule has 0 aliphatic heterocycles. The van der Waals surface area contributed by atoms with Crippen molar-refractivity contribution in [2.24, 2.45) is 0 Å². The highest BCUT2D eigenvalue weighted by molar-refractivity contribution is 5.68. The quantitative estimate of drug-likeness (QED) is 0.361. The molecule has 3 nitrogen and oxygen atoms in total. The molecule has 0 amide bonds. The van der Waals surface area contributed by atoms with Crippen LogP contribution >= 0.6 is 0 Å². The molecule has 0 bridgehead atoms. The summed E-state index contributed by atoms with van der Waals surface area (Å²) in [5.74, 6) is 0.705. The SMILES string of the molecule is CC=C(C)OCCCC(=O)OC. The third-order valence-corrected chi connectivity index (χ3v) is 1.49. The predicted octanol–water partition coefficient (Wildman–Crippen LogP) is 1.88. The fraction of sp³-hybridized carbons (Fsp3) is 0.667. The lowest BCUT2D eigenvalue weighted by molar-refractivity contribution is -0.140. The van der Waals surface area contributed by atoms with Gasteiger partial charge in [-0.25, -0.2) is 0 Å². The van der Waals surface area contributed by atoms with Gasteiger partial charge in [-0.1, -0.05) is 6.08 Å². The number of hydrogen-bond acceptors (Lipinski definition) is 3. The van der Waals surface area contributed by atoms with Gasteiger partial charge < -0.3 is 9.47 Å². The Morgan fingerprint density at radius 3 is 2.67 bits per heavy atom. The van der Waals surface area contributed by atoms with Gasteiger partial charge in [0, 0.05) is 6.42 Å². The Bertz CT molecular complexity index is 161. The Labute approximate surface area is 73.4 Å². The van der Waals surface area contributed by atoms with Gasteiger partial charge in [-0.05, 0) is 20.3 Å².